The van der Waals surface area contributed by atoms with Gasteiger partial charge in [-0.05, 0) is 43.5 Å². The van der Waals surface area contributed by atoms with Crippen LogP contribution in [0.5, 0.6) is 0 Å². The molecule has 0 saturated heterocycles. The van der Waals surface area contributed by atoms with Crippen molar-refractivity contribution >= 4 is 40.7 Å². The molecule has 0 bridgehead atoms. The quantitative estimate of drug-likeness (QED) is 0.672. The second-order valence-electron chi connectivity index (χ2n) is 6.00. The summed E-state index contributed by atoms with van der Waals surface area (Å²) in [6.07, 6.45) is -1.15. The predicted molar refractivity (Wildman–Crippen MR) is 110 cm³/mol. The van der Waals surface area contributed by atoms with Crippen molar-refractivity contribution in [2.45, 2.75) is 18.0 Å². The zero-order valence-electron chi connectivity index (χ0n) is 15.2. The van der Waals surface area contributed by atoms with E-state index in [4.69, 9.17) is 0 Å². The van der Waals surface area contributed by atoms with E-state index in [0.29, 0.717) is 27.9 Å². The second kappa shape index (κ2) is 8.59. The van der Waals surface area contributed by atoms with Gasteiger partial charge in [-0.1, -0.05) is 0 Å². The van der Waals surface area contributed by atoms with Crippen LogP contribution in [-0.4, -0.2) is 34.5 Å². The van der Waals surface area contributed by atoms with Crippen molar-refractivity contribution in [2.24, 2.45) is 4.99 Å². The third kappa shape index (κ3) is 4.71. The third-order valence-electron chi connectivity index (χ3n) is 4.00. The van der Waals surface area contributed by atoms with E-state index in [1.165, 1.54) is 17.8 Å². The molecule has 1 aliphatic rings. The number of aliphatic imine (C=N–C) groups is 1. The fraction of sp³-hybridized carbons (Fsp3) is 0.263. The van der Waals surface area contributed by atoms with Crippen LogP contribution in [0, 0.1) is 6.92 Å². The van der Waals surface area contributed by atoms with Gasteiger partial charge in [0.2, 0.25) is 0 Å². The SMILES string of the molecule is CSc1ccc(NC2=NC(c3ccnc(C)c3)=C(CO)SC2)cc1C(F)(F)F. The van der Waals surface area contributed by atoms with E-state index in [-0.39, 0.29) is 11.5 Å². The minimum Gasteiger partial charge on any atom is -0.391 e. The summed E-state index contributed by atoms with van der Waals surface area (Å²) in [5.41, 5.74) is 1.86. The van der Waals surface area contributed by atoms with Gasteiger partial charge >= 0.3 is 6.18 Å². The molecule has 9 heteroatoms. The monoisotopic (exact) mass is 425 g/mol. The van der Waals surface area contributed by atoms with Gasteiger partial charge in [-0.25, -0.2) is 4.99 Å². The summed E-state index contributed by atoms with van der Waals surface area (Å²) in [4.78, 5) is 9.61. The fourth-order valence-corrected chi connectivity index (χ4v) is 4.17. The molecule has 0 atom stereocenters. The Morgan fingerprint density at radius 3 is 2.68 bits per heavy atom. The summed E-state index contributed by atoms with van der Waals surface area (Å²) in [5, 5.41) is 12.6. The molecule has 2 heterocycles. The van der Waals surface area contributed by atoms with Crippen molar-refractivity contribution < 1.29 is 18.3 Å². The summed E-state index contributed by atoms with van der Waals surface area (Å²) < 4.78 is 39.9. The number of hydrogen-bond acceptors (Lipinski definition) is 6. The molecule has 0 unspecified atom stereocenters. The van der Waals surface area contributed by atoms with Crippen molar-refractivity contribution in [1.82, 2.24) is 4.98 Å². The normalized spacial score (nSPS) is 14.9. The molecule has 0 radical (unpaired) electrons. The van der Waals surface area contributed by atoms with E-state index in [1.54, 1.807) is 24.6 Å². The van der Waals surface area contributed by atoms with Crippen molar-refractivity contribution in [3.05, 3.63) is 58.3 Å². The molecule has 0 aliphatic carbocycles. The lowest BCUT2D eigenvalue weighted by Crippen LogP contribution is -2.19. The van der Waals surface area contributed by atoms with Crippen molar-refractivity contribution in [1.29, 1.82) is 0 Å². The molecule has 28 heavy (non-hydrogen) atoms. The van der Waals surface area contributed by atoms with Gasteiger partial charge in [0.15, 0.2) is 0 Å². The van der Waals surface area contributed by atoms with E-state index in [2.05, 4.69) is 15.3 Å². The molecule has 0 spiro atoms. The van der Waals surface area contributed by atoms with Crippen molar-refractivity contribution in [3.8, 4) is 0 Å². The van der Waals surface area contributed by atoms with Crippen LogP contribution in [0.1, 0.15) is 16.8 Å². The van der Waals surface area contributed by atoms with Crippen LogP contribution in [0.15, 0.2) is 51.3 Å². The lowest BCUT2D eigenvalue weighted by Gasteiger charge is -2.20. The Morgan fingerprint density at radius 1 is 1.25 bits per heavy atom. The number of nitrogens with zero attached hydrogens (tertiary/aromatic N) is 2. The highest BCUT2D eigenvalue weighted by Crippen LogP contribution is 2.38. The number of pyridine rings is 1. The van der Waals surface area contributed by atoms with Crippen molar-refractivity contribution in [2.75, 3.05) is 23.9 Å². The molecular formula is C19H18F3N3OS2. The minimum atomic E-state index is -4.43. The van der Waals surface area contributed by atoms with Gasteiger partial charge in [0.25, 0.3) is 0 Å². The van der Waals surface area contributed by atoms with E-state index in [0.717, 1.165) is 29.1 Å². The molecule has 0 saturated carbocycles. The third-order valence-corrected chi connectivity index (χ3v) is 5.89. The number of aryl methyl sites for hydroxylation is 1. The maximum atomic E-state index is 13.3. The highest BCUT2D eigenvalue weighted by Gasteiger charge is 2.33. The van der Waals surface area contributed by atoms with Crippen LogP contribution in [-0.2, 0) is 6.18 Å². The van der Waals surface area contributed by atoms with Gasteiger partial charge in [0, 0.05) is 32.9 Å². The number of nitrogens with one attached hydrogen (secondary N) is 1. The first-order valence-corrected chi connectivity index (χ1v) is 10.5. The lowest BCUT2D eigenvalue weighted by atomic mass is 10.1. The molecule has 4 nitrogen and oxygen atoms in total. The Hall–Kier alpha value is -1.97. The molecule has 1 aromatic heterocycles. The zero-order valence-corrected chi connectivity index (χ0v) is 16.8. The number of aliphatic hydroxyl groups excluding tert-OH is 1. The lowest BCUT2D eigenvalue weighted by molar-refractivity contribution is -0.139. The molecule has 0 amide bonds. The van der Waals surface area contributed by atoms with Gasteiger partial charge in [-0.2, -0.15) is 13.2 Å². The minimum absolute atomic E-state index is 0.154. The number of aromatic nitrogens is 1. The van der Waals surface area contributed by atoms with Gasteiger partial charge in [-0.3, -0.25) is 4.98 Å². The molecule has 3 rings (SSSR count). The smallest absolute Gasteiger partial charge is 0.391 e. The Bertz CT molecular complexity index is 942. The van der Waals surface area contributed by atoms with Crippen LogP contribution in [0.25, 0.3) is 5.70 Å². The number of anilines is 1. The Balaban J connectivity index is 1.94. The standard InChI is InChI=1S/C19H18F3N3OS2/c1-11-7-12(5-6-23-11)18-16(9-26)28-10-17(25-18)24-13-3-4-15(27-2)14(8-13)19(20,21)22/h3-8,26H,9-10H2,1-2H3,(H,24,25). The molecule has 148 valence electrons. The summed E-state index contributed by atoms with van der Waals surface area (Å²) in [7, 11) is 0. The topological polar surface area (TPSA) is 57.5 Å². The Kier molecular flexibility index (Phi) is 6.36. The predicted octanol–water partition coefficient (Wildman–Crippen LogP) is 5.05. The summed E-state index contributed by atoms with van der Waals surface area (Å²) in [6, 6.07) is 7.80. The molecular weight excluding hydrogens is 407 g/mol. The van der Waals surface area contributed by atoms with Gasteiger partial charge < -0.3 is 10.4 Å². The van der Waals surface area contributed by atoms with E-state index in [9.17, 15) is 18.3 Å². The first kappa shape index (κ1) is 20.8. The van der Waals surface area contributed by atoms with E-state index >= 15 is 0 Å². The summed E-state index contributed by atoms with van der Waals surface area (Å²) in [6.45, 7) is 1.70. The number of aliphatic hydroxyl groups is 1. The molecule has 0 fully saturated rings. The van der Waals surface area contributed by atoms with Gasteiger partial charge in [-0.15, -0.1) is 23.5 Å². The largest absolute Gasteiger partial charge is 0.417 e. The van der Waals surface area contributed by atoms with E-state index in [1.807, 2.05) is 13.0 Å². The van der Waals surface area contributed by atoms with E-state index < -0.39 is 11.7 Å². The number of thioether (sulfide) groups is 2. The number of rotatable bonds is 4. The first-order valence-electron chi connectivity index (χ1n) is 8.31. The van der Waals surface area contributed by atoms with Gasteiger partial charge in [0.05, 0.1) is 23.6 Å². The molecule has 2 N–H and O–H groups in total. The average molecular weight is 426 g/mol. The van der Waals surface area contributed by atoms with Gasteiger partial charge in [0.1, 0.15) is 5.84 Å². The average Bonchev–Trinajstić information content (AvgIpc) is 2.67. The van der Waals surface area contributed by atoms with Crippen LogP contribution in [0.3, 0.4) is 0 Å². The molecule has 1 aliphatic heterocycles. The Labute approximate surface area is 169 Å². The maximum Gasteiger partial charge on any atom is 0.417 e. The summed E-state index contributed by atoms with van der Waals surface area (Å²) in [5.74, 6) is 0.950. The zero-order chi connectivity index (χ0) is 20.3. The first-order chi connectivity index (χ1) is 13.3. The Morgan fingerprint density at radius 2 is 2.04 bits per heavy atom. The number of hydrogen-bond donors (Lipinski definition) is 2. The number of amidine groups is 1. The highest BCUT2D eigenvalue weighted by atomic mass is 32.2. The number of alkyl halides is 3. The van der Waals surface area contributed by atoms with Crippen LogP contribution >= 0.6 is 23.5 Å². The maximum absolute atomic E-state index is 13.3. The number of benzene rings is 1. The van der Waals surface area contributed by atoms with Crippen LogP contribution < -0.4 is 5.32 Å². The van der Waals surface area contributed by atoms with Crippen LogP contribution in [0.2, 0.25) is 0 Å². The van der Waals surface area contributed by atoms with Crippen molar-refractivity contribution in [3.63, 3.8) is 0 Å². The molecule has 1 aromatic carbocycles. The number of halogens is 3. The fourth-order valence-electron chi connectivity index (χ4n) is 2.73. The highest BCUT2D eigenvalue weighted by molar-refractivity contribution is 8.04. The van der Waals surface area contributed by atoms with Crippen LogP contribution in [0.4, 0.5) is 18.9 Å². The molecule has 2 aromatic rings. The summed E-state index contributed by atoms with van der Waals surface area (Å²) >= 11 is 2.46. The second-order valence-corrected chi connectivity index (χ2v) is 7.92.